The number of methoxy groups -OCH3 is 1. The molecule has 0 aromatic heterocycles. The number of carboxylic acids is 1. The quantitative estimate of drug-likeness (QED) is 0.854. The molecule has 1 aromatic carbocycles. The number of rotatable bonds is 5. The summed E-state index contributed by atoms with van der Waals surface area (Å²) in [6, 6.07) is 4.38. The van der Waals surface area contributed by atoms with Crippen molar-refractivity contribution < 1.29 is 23.1 Å². The number of benzene rings is 1. The zero-order valence-electron chi connectivity index (χ0n) is 10.4. The molecule has 0 fully saturated rings. The number of ether oxygens (including phenoxy) is 1. The van der Waals surface area contributed by atoms with Crippen LogP contribution in [0.3, 0.4) is 0 Å². The van der Waals surface area contributed by atoms with Crippen molar-refractivity contribution in [3.05, 3.63) is 23.8 Å². The first-order chi connectivity index (χ1) is 8.28. The largest absolute Gasteiger partial charge is 0.496 e. The minimum Gasteiger partial charge on any atom is -0.496 e. The van der Waals surface area contributed by atoms with E-state index < -0.39 is 22.5 Å². The number of carbonyl (C=O) groups is 1. The van der Waals surface area contributed by atoms with Gasteiger partial charge in [-0.15, -0.1) is 0 Å². The molecular weight excluding hydrogens is 258 g/mol. The molecule has 0 aliphatic rings. The Balaban J connectivity index is 3.13. The summed E-state index contributed by atoms with van der Waals surface area (Å²) in [6.07, 6.45) is 0. The molecule has 6 nitrogen and oxygen atoms in total. The minimum absolute atomic E-state index is 0.0459. The van der Waals surface area contributed by atoms with Crippen LogP contribution in [-0.4, -0.2) is 44.5 Å². The second-order valence-electron chi connectivity index (χ2n) is 3.79. The molecule has 0 unspecified atom stereocenters. The van der Waals surface area contributed by atoms with Gasteiger partial charge in [-0.2, -0.15) is 4.31 Å². The zero-order chi connectivity index (χ0) is 13.9. The molecule has 0 saturated heterocycles. The van der Waals surface area contributed by atoms with Crippen LogP contribution in [0, 0.1) is 6.92 Å². The fraction of sp³-hybridized carbons (Fsp3) is 0.364. The first kappa shape index (κ1) is 14.5. The van der Waals surface area contributed by atoms with Gasteiger partial charge < -0.3 is 9.84 Å². The molecule has 0 aliphatic carbocycles. The summed E-state index contributed by atoms with van der Waals surface area (Å²) in [4.78, 5) is 10.6. The zero-order valence-corrected chi connectivity index (χ0v) is 11.2. The molecule has 0 spiro atoms. The van der Waals surface area contributed by atoms with E-state index in [0.29, 0.717) is 11.3 Å². The topological polar surface area (TPSA) is 83.9 Å². The summed E-state index contributed by atoms with van der Waals surface area (Å²) in [5, 5.41) is 8.60. The van der Waals surface area contributed by atoms with Crippen LogP contribution in [-0.2, 0) is 14.8 Å². The Labute approximate surface area is 106 Å². The fourth-order valence-corrected chi connectivity index (χ4v) is 2.67. The lowest BCUT2D eigenvalue weighted by Crippen LogP contribution is -2.32. The van der Waals surface area contributed by atoms with Gasteiger partial charge in [0, 0.05) is 7.05 Å². The Kier molecular flexibility index (Phi) is 4.31. The number of sulfonamides is 1. The average Bonchev–Trinajstić information content (AvgIpc) is 2.27. The first-order valence-corrected chi connectivity index (χ1v) is 6.56. The Bertz CT molecular complexity index is 553. The number of hydrogen-bond acceptors (Lipinski definition) is 4. The van der Waals surface area contributed by atoms with Crippen molar-refractivity contribution in [1.29, 1.82) is 0 Å². The van der Waals surface area contributed by atoms with Gasteiger partial charge in [-0.3, -0.25) is 4.79 Å². The van der Waals surface area contributed by atoms with Crippen molar-refractivity contribution in [2.45, 2.75) is 11.8 Å². The maximum absolute atomic E-state index is 12.0. The van der Waals surface area contributed by atoms with Crippen LogP contribution < -0.4 is 4.74 Å². The Morgan fingerprint density at radius 1 is 1.44 bits per heavy atom. The molecule has 0 atom stereocenters. The SMILES string of the molecule is COc1ccc(S(=O)(=O)N(C)CC(=O)O)cc1C. The molecule has 1 rings (SSSR count). The molecule has 0 heterocycles. The molecule has 0 saturated carbocycles. The highest BCUT2D eigenvalue weighted by atomic mass is 32.2. The smallest absolute Gasteiger partial charge is 0.318 e. The summed E-state index contributed by atoms with van der Waals surface area (Å²) in [5.41, 5.74) is 0.669. The Morgan fingerprint density at radius 2 is 2.06 bits per heavy atom. The molecule has 0 bridgehead atoms. The molecule has 100 valence electrons. The Morgan fingerprint density at radius 3 is 2.50 bits per heavy atom. The van der Waals surface area contributed by atoms with E-state index in [0.717, 1.165) is 4.31 Å². The van der Waals surface area contributed by atoms with E-state index in [1.165, 1.54) is 32.4 Å². The van der Waals surface area contributed by atoms with Gasteiger partial charge in [0.2, 0.25) is 10.0 Å². The van der Waals surface area contributed by atoms with Gasteiger partial charge in [-0.1, -0.05) is 0 Å². The number of likely N-dealkylation sites (N-methyl/N-ethyl adjacent to an activating group) is 1. The minimum atomic E-state index is -3.78. The van der Waals surface area contributed by atoms with Gasteiger partial charge >= 0.3 is 5.97 Å². The lowest BCUT2D eigenvalue weighted by atomic mass is 10.2. The summed E-state index contributed by atoms with van der Waals surface area (Å²) >= 11 is 0. The van der Waals surface area contributed by atoms with Crippen molar-refractivity contribution >= 4 is 16.0 Å². The van der Waals surface area contributed by atoms with Crippen LogP contribution in [0.2, 0.25) is 0 Å². The number of carboxylic acid groups (broad SMARTS) is 1. The van der Waals surface area contributed by atoms with Crippen molar-refractivity contribution in [1.82, 2.24) is 4.31 Å². The number of aliphatic carboxylic acids is 1. The average molecular weight is 273 g/mol. The van der Waals surface area contributed by atoms with E-state index in [-0.39, 0.29) is 4.90 Å². The molecule has 18 heavy (non-hydrogen) atoms. The number of aryl methyl sites for hydroxylation is 1. The van der Waals surface area contributed by atoms with E-state index in [9.17, 15) is 13.2 Å². The molecular formula is C11H15NO5S. The molecule has 0 amide bonds. The first-order valence-electron chi connectivity index (χ1n) is 5.12. The lowest BCUT2D eigenvalue weighted by molar-refractivity contribution is -0.137. The van der Waals surface area contributed by atoms with Crippen LogP contribution in [0.25, 0.3) is 0 Å². The molecule has 0 aliphatic heterocycles. The highest BCUT2D eigenvalue weighted by Crippen LogP contribution is 2.22. The van der Waals surface area contributed by atoms with Gasteiger partial charge in [0.05, 0.1) is 12.0 Å². The van der Waals surface area contributed by atoms with E-state index in [1.54, 1.807) is 6.92 Å². The van der Waals surface area contributed by atoms with E-state index in [4.69, 9.17) is 9.84 Å². The summed E-state index contributed by atoms with van der Waals surface area (Å²) in [7, 11) is -1.07. The van der Waals surface area contributed by atoms with Crippen molar-refractivity contribution in [3.8, 4) is 5.75 Å². The molecule has 1 N–H and O–H groups in total. The summed E-state index contributed by atoms with van der Waals surface area (Å²) < 4.78 is 29.9. The maximum atomic E-state index is 12.0. The van der Waals surface area contributed by atoms with Crippen molar-refractivity contribution in [2.75, 3.05) is 20.7 Å². The highest BCUT2D eigenvalue weighted by molar-refractivity contribution is 7.89. The van der Waals surface area contributed by atoms with Gasteiger partial charge in [0.1, 0.15) is 12.3 Å². The van der Waals surface area contributed by atoms with Gasteiger partial charge in [-0.05, 0) is 30.7 Å². The van der Waals surface area contributed by atoms with Crippen LogP contribution >= 0.6 is 0 Å². The van der Waals surface area contributed by atoms with Crippen LogP contribution in [0.1, 0.15) is 5.56 Å². The number of hydrogen-bond donors (Lipinski definition) is 1. The predicted octanol–water partition coefficient (Wildman–Crippen LogP) is 0.709. The Hall–Kier alpha value is -1.60. The van der Waals surface area contributed by atoms with Crippen LogP contribution in [0.4, 0.5) is 0 Å². The molecule has 7 heteroatoms. The monoisotopic (exact) mass is 273 g/mol. The molecule has 1 aromatic rings. The highest BCUT2D eigenvalue weighted by Gasteiger charge is 2.23. The third kappa shape index (κ3) is 2.99. The van der Waals surface area contributed by atoms with Gasteiger partial charge in [0.25, 0.3) is 0 Å². The number of nitrogens with zero attached hydrogens (tertiary/aromatic N) is 1. The third-order valence-electron chi connectivity index (χ3n) is 2.43. The second kappa shape index (κ2) is 5.36. The van der Waals surface area contributed by atoms with E-state index in [2.05, 4.69) is 0 Å². The lowest BCUT2D eigenvalue weighted by Gasteiger charge is -2.15. The molecule has 0 radical (unpaired) electrons. The van der Waals surface area contributed by atoms with E-state index in [1.807, 2.05) is 0 Å². The second-order valence-corrected chi connectivity index (χ2v) is 5.83. The third-order valence-corrected chi connectivity index (χ3v) is 4.23. The van der Waals surface area contributed by atoms with E-state index >= 15 is 0 Å². The van der Waals surface area contributed by atoms with Gasteiger partial charge in [-0.25, -0.2) is 8.42 Å². The summed E-state index contributed by atoms with van der Waals surface area (Å²) in [6.45, 7) is 1.14. The van der Waals surface area contributed by atoms with Crippen molar-refractivity contribution in [2.24, 2.45) is 0 Å². The predicted molar refractivity (Wildman–Crippen MR) is 65.2 cm³/mol. The van der Waals surface area contributed by atoms with Gasteiger partial charge in [0.15, 0.2) is 0 Å². The summed E-state index contributed by atoms with van der Waals surface area (Å²) in [5.74, 6) is -0.624. The standard InChI is InChI=1S/C11H15NO5S/c1-8-6-9(4-5-10(8)17-3)18(15,16)12(2)7-11(13)14/h4-6H,7H2,1-3H3,(H,13,14). The van der Waals surface area contributed by atoms with Crippen molar-refractivity contribution in [3.63, 3.8) is 0 Å². The van der Waals surface area contributed by atoms with Crippen LogP contribution in [0.5, 0.6) is 5.75 Å². The normalized spacial score (nSPS) is 11.6. The fourth-order valence-electron chi connectivity index (χ4n) is 1.47. The maximum Gasteiger partial charge on any atom is 0.318 e. The van der Waals surface area contributed by atoms with Crippen LogP contribution in [0.15, 0.2) is 23.1 Å².